The first-order valence-electron chi connectivity index (χ1n) is 10.1. The van der Waals surface area contributed by atoms with Crippen molar-refractivity contribution in [2.75, 3.05) is 26.3 Å². The van der Waals surface area contributed by atoms with Gasteiger partial charge in [0.05, 0.1) is 18.4 Å². The zero-order valence-corrected chi connectivity index (χ0v) is 17.0. The molecular formula is C22H29N3O3. The SMILES string of the molecule is Cc1cc(COC2CCN(C(C)c3ccc4c(n3)OCCO4)CC2)cc(C)n1. The van der Waals surface area contributed by atoms with E-state index < -0.39 is 0 Å². The maximum atomic E-state index is 6.18. The third-order valence-corrected chi connectivity index (χ3v) is 5.51. The van der Waals surface area contributed by atoms with Gasteiger partial charge < -0.3 is 14.2 Å². The second kappa shape index (κ2) is 8.45. The molecule has 4 rings (SSSR count). The van der Waals surface area contributed by atoms with E-state index in [9.17, 15) is 0 Å². The van der Waals surface area contributed by atoms with Crippen molar-refractivity contribution in [3.05, 3.63) is 46.9 Å². The van der Waals surface area contributed by atoms with Crippen molar-refractivity contribution in [2.24, 2.45) is 0 Å². The molecule has 2 aliphatic rings. The molecule has 28 heavy (non-hydrogen) atoms. The predicted molar refractivity (Wildman–Crippen MR) is 107 cm³/mol. The fraction of sp³-hybridized carbons (Fsp3) is 0.545. The number of nitrogens with zero attached hydrogens (tertiary/aromatic N) is 3. The van der Waals surface area contributed by atoms with Crippen LogP contribution in [0.1, 0.15) is 48.5 Å². The Labute approximate surface area is 166 Å². The molecule has 2 aromatic heterocycles. The Balaban J connectivity index is 1.30. The molecule has 4 heterocycles. The first kappa shape index (κ1) is 19.2. The van der Waals surface area contributed by atoms with Gasteiger partial charge in [0.2, 0.25) is 0 Å². The van der Waals surface area contributed by atoms with Crippen LogP contribution >= 0.6 is 0 Å². The molecule has 2 aromatic rings. The molecule has 0 spiro atoms. The second-order valence-corrected chi connectivity index (χ2v) is 7.72. The summed E-state index contributed by atoms with van der Waals surface area (Å²) in [5, 5.41) is 0. The van der Waals surface area contributed by atoms with Crippen molar-refractivity contribution in [1.29, 1.82) is 0 Å². The first-order chi connectivity index (χ1) is 13.6. The fourth-order valence-electron chi connectivity index (χ4n) is 4.01. The maximum Gasteiger partial charge on any atom is 0.257 e. The first-order valence-corrected chi connectivity index (χ1v) is 10.1. The molecule has 1 fully saturated rings. The number of piperidine rings is 1. The van der Waals surface area contributed by atoms with Crippen molar-refractivity contribution in [3.8, 4) is 11.6 Å². The predicted octanol–water partition coefficient (Wildman–Crippen LogP) is 3.61. The van der Waals surface area contributed by atoms with Gasteiger partial charge in [-0.2, -0.15) is 0 Å². The lowest BCUT2D eigenvalue weighted by molar-refractivity contribution is -0.0102. The number of rotatable bonds is 5. The summed E-state index contributed by atoms with van der Waals surface area (Å²) in [5.74, 6) is 1.37. The summed E-state index contributed by atoms with van der Waals surface area (Å²) < 4.78 is 17.4. The van der Waals surface area contributed by atoms with E-state index in [4.69, 9.17) is 14.2 Å². The minimum atomic E-state index is 0.252. The van der Waals surface area contributed by atoms with E-state index in [1.54, 1.807) is 0 Å². The van der Waals surface area contributed by atoms with Crippen molar-refractivity contribution in [3.63, 3.8) is 0 Å². The molecule has 1 saturated heterocycles. The van der Waals surface area contributed by atoms with E-state index in [1.807, 2.05) is 19.9 Å². The molecule has 0 N–H and O–H groups in total. The van der Waals surface area contributed by atoms with Crippen molar-refractivity contribution < 1.29 is 14.2 Å². The number of fused-ring (bicyclic) bond motifs is 1. The van der Waals surface area contributed by atoms with E-state index in [0.29, 0.717) is 31.8 Å². The highest BCUT2D eigenvalue weighted by atomic mass is 16.6. The number of aryl methyl sites for hydroxylation is 2. The third-order valence-electron chi connectivity index (χ3n) is 5.51. The monoisotopic (exact) mass is 383 g/mol. The van der Waals surface area contributed by atoms with Crippen LogP contribution in [0, 0.1) is 13.8 Å². The third kappa shape index (κ3) is 4.45. The minimum absolute atomic E-state index is 0.252. The summed E-state index contributed by atoms with van der Waals surface area (Å²) in [4.78, 5) is 11.6. The van der Waals surface area contributed by atoms with E-state index >= 15 is 0 Å². The molecule has 0 amide bonds. The Bertz CT molecular complexity index is 798. The lowest BCUT2D eigenvalue weighted by atomic mass is 10.0. The van der Waals surface area contributed by atoms with Crippen molar-refractivity contribution in [1.82, 2.24) is 14.9 Å². The number of pyridine rings is 2. The maximum absolute atomic E-state index is 6.18. The van der Waals surface area contributed by atoms with Gasteiger partial charge in [0, 0.05) is 30.5 Å². The highest BCUT2D eigenvalue weighted by molar-refractivity contribution is 5.36. The van der Waals surface area contributed by atoms with Gasteiger partial charge in [0.1, 0.15) is 13.2 Å². The van der Waals surface area contributed by atoms with Crippen LogP contribution in [0.3, 0.4) is 0 Å². The molecule has 0 aromatic carbocycles. The van der Waals surface area contributed by atoms with Gasteiger partial charge in [-0.15, -0.1) is 0 Å². The molecule has 0 saturated carbocycles. The van der Waals surface area contributed by atoms with E-state index in [0.717, 1.165) is 48.8 Å². The summed E-state index contributed by atoms with van der Waals surface area (Å²) in [7, 11) is 0. The zero-order chi connectivity index (χ0) is 19.5. The van der Waals surface area contributed by atoms with Crippen LogP contribution in [0.2, 0.25) is 0 Å². The van der Waals surface area contributed by atoms with Gasteiger partial charge in [0.15, 0.2) is 5.75 Å². The number of hydrogen-bond acceptors (Lipinski definition) is 6. The largest absolute Gasteiger partial charge is 0.484 e. The zero-order valence-electron chi connectivity index (χ0n) is 17.0. The Morgan fingerprint density at radius 2 is 1.79 bits per heavy atom. The molecular weight excluding hydrogens is 354 g/mol. The smallest absolute Gasteiger partial charge is 0.257 e. The van der Waals surface area contributed by atoms with Crippen LogP contribution in [-0.2, 0) is 11.3 Å². The van der Waals surface area contributed by atoms with Gasteiger partial charge in [-0.1, -0.05) is 0 Å². The van der Waals surface area contributed by atoms with Crippen molar-refractivity contribution in [2.45, 2.75) is 52.4 Å². The summed E-state index contributed by atoms with van der Waals surface area (Å²) in [6.45, 7) is 10.1. The molecule has 1 unspecified atom stereocenters. The summed E-state index contributed by atoms with van der Waals surface area (Å²) in [6.07, 6.45) is 2.39. The molecule has 6 nitrogen and oxygen atoms in total. The highest BCUT2D eigenvalue weighted by Crippen LogP contribution is 2.31. The van der Waals surface area contributed by atoms with Crippen LogP contribution in [-0.4, -0.2) is 47.3 Å². The van der Waals surface area contributed by atoms with Gasteiger partial charge >= 0.3 is 0 Å². The summed E-state index contributed by atoms with van der Waals surface area (Å²) >= 11 is 0. The van der Waals surface area contributed by atoms with Crippen LogP contribution in [0.5, 0.6) is 11.6 Å². The topological polar surface area (TPSA) is 56.7 Å². The Morgan fingerprint density at radius 1 is 1.07 bits per heavy atom. The Hall–Kier alpha value is -2.18. The second-order valence-electron chi connectivity index (χ2n) is 7.72. The van der Waals surface area contributed by atoms with E-state index in [-0.39, 0.29) is 6.04 Å². The highest BCUT2D eigenvalue weighted by Gasteiger charge is 2.26. The number of likely N-dealkylation sites (tertiary alicyclic amines) is 1. The summed E-state index contributed by atoms with van der Waals surface area (Å²) in [5.41, 5.74) is 4.34. The fourth-order valence-corrected chi connectivity index (χ4v) is 4.01. The minimum Gasteiger partial charge on any atom is -0.484 e. The lowest BCUT2D eigenvalue weighted by Crippen LogP contribution is -2.38. The summed E-state index contributed by atoms with van der Waals surface area (Å²) in [6, 6.07) is 8.49. The number of hydrogen-bond donors (Lipinski definition) is 0. The molecule has 1 atom stereocenters. The normalized spacial score (nSPS) is 18.8. The van der Waals surface area contributed by atoms with E-state index in [1.165, 1.54) is 5.56 Å². The van der Waals surface area contributed by atoms with Crippen LogP contribution in [0.15, 0.2) is 24.3 Å². The van der Waals surface area contributed by atoms with Gasteiger partial charge in [-0.3, -0.25) is 9.88 Å². The average Bonchev–Trinajstić information content (AvgIpc) is 2.71. The Morgan fingerprint density at radius 3 is 2.54 bits per heavy atom. The quantitative estimate of drug-likeness (QED) is 0.786. The average molecular weight is 383 g/mol. The van der Waals surface area contributed by atoms with Crippen LogP contribution in [0.25, 0.3) is 0 Å². The standard InChI is InChI=1S/C22H29N3O3/c1-15-12-18(13-16(2)23-15)14-28-19-6-8-25(9-7-19)17(3)20-4-5-21-22(24-20)27-11-10-26-21/h4-5,12-13,17,19H,6-11,14H2,1-3H3. The number of ether oxygens (including phenoxy) is 3. The Kier molecular flexibility index (Phi) is 5.78. The van der Waals surface area contributed by atoms with Gasteiger partial charge in [-0.25, -0.2) is 4.98 Å². The molecule has 0 aliphatic carbocycles. The van der Waals surface area contributed by atoms with Crippen LogP contribution < -0.4 is 9.47 Å². The lowest BCUT2D eigenvalue weighted by Gasteiger charge is -2.36. The van der Waals surface area contributed by atoms with E-state index in [2.05, 4.69) is 40.0 Å². The van der Waals surface area contributed by atoms with Crippen molar-refractivity contribution >= 4 is 0 Å². The molecule has 0 radical (unpaired) electrons. The van der Waals surface area contributed by atoms with Crippen LogP contribution in [0.4, 0.5) is 0 Å². The molecule has 0 bridgehead atoms. The molecule has 150 valence electrons. The van der Waals surface area contributed by atoms with Gasteiger partial charge in [0.25, 0.3) is 5.88 Å². The number of aromatic nitrogens is 2. The van der Waals surface area contributed by atoms with Gasteiger partial charge in [-0.05, 0) is 63.4 Å². The molecule has 2 aliphatic heterocycles. The molecule has 6 heteroatoms.